The van der Waals surface area contributed by atoms with Gasteiger partial charge in [-0.15, -0.1) is 0 Å². The van der Waals surface area contributed by atoms with E-state index in [4.69, 9.17) is 36.8 Å². The van der Waals surface area contributed by atoms with Crippen molar-refractivity contribution in [2.45, 2.75) is 62.7 Å². The molecule has 0 bridgehead atoms. The average Bonchev–Trinajstić information content (AvgIpc) is 3.98. The Kier molecular flexibility index (Phi) is 11.2. The van der Waals surface area contributed by atoms with Crippen molar-refractivity contribution in [3.05, 3.63) is 130 Å². The second kappa shape index (κ2) is 16.3. The van der Waals surface area contributed by atoms with Crippen LogP contribution in [0.4, 0.5) is 16.0 Å². The molecule has 12 heteroatoms. The Balaban J connectivity index is 0.000000219. The van der Waals surface area contributed by atoms with Crippen LogP contribution < -0.4 is 25.8 Å². The molecule has 278 valence electrons. The van der Waals surface area contributed by atoms with E-state index in [9.17, 15) is 9.90 Å². The Morgan fingerprint density at radius 3 is 2.44 bits per heavy atom. The van der Waals surface area contributed by atoms with E-state index in [1.807, 2.05) is 6.07 Å². The summed E-state index contributed by atoms with van der Waals surface area (Å²) >= 11 is 6.35. The molecule has 2 atom stereocenters. The number of ether oxygens (including phenoxy) is 2. The smallest absolute Gasteiger partial charge is 0.339 e. The van der Waals surface area contributed by atoms with E-state index < -0.39 is 11.8 Å². The Labute approximate surface area is 318 Å². The van der Waals surface area contributed by atoms with Gasteiger partial charge in [-0.1, -0.05) is 54.1 Å². The van der Waals surface area contributed by atoms with Crippen LogP contribution in [0.2, 0.25) is 5.02 Å². The molecule has 0 amide bonds. The summed E-state index contributed by atoms with van der Waals surface area (Å²) < 4.78 is 25.7. The van der Waals surface area contributed by atoms with Crippen molar-refractivity contribution in [2.24, 2.45) is 10.7 Å². The number of fused-ring (bicyclic) bond motifs is 3. The van der Waals surface area contributed by atoms with Crippen molar-refractivity contribution in [1.82, 2.24) is 15.3 Å². The third-order valence-corrected chi connectivity index (χ3v) is 10.4. The first-order valence-electron chi connectivity index (χ1n) is 18.0. The van der Waals surface area contributed by atoms with E-state index >= 15 is 4.39 Å². The average molecular weight is 749 g/mol. The number of methoxy groups -OCH3 is 2. The number of nitrogens with one attached hydrogen (secondary N) is 2. The Morgan fingerprint density at radius 1 is 0.926 bits per heavy atom. The maximum absolute atomic E-state index is 15.0. The number of halogens is 2. The van der Waals surface area contributed by atoms with Crippen LogP contribution in [0.25, 0.3) is 11.3 Å². The van der Waals surface area contributed by atoms with Crippen LogP contribution in [0, 0.1) is 5.82 Å². The molecule has 10 nitrogen and oxygen atoms in total. The number of aromatic carboxylic acids is 1. The third kappa shape index (κ3) is 8.23. The van der Waals surface area contributed by atoms with Crippen LogP contribution >= 0.6 is 11.6 Å². The van der Waals surface area contributed by atoms with Gasteiger partial charge >= 0.3 is 5.97 Å². The SMILES string of the molecule is COc1cc(Nc2ncc3c(n2)-c2ccc(Cl)cc2C(c2c(F)cccc2OC)=NC3)ccc1C(=O)O.NC1CCC(NC2CC2c2ccccc2)CC1. The summed E-state index contributed by atoms with van der Waals surface area (Å²) in [6.07, 6.45) is 7.88. The minimum atomic E-state index is -1.10. The van der Waals surface area contributed by atoms with Crippen LogP contribution in [0.3, 0.4) is 0 Å². The topological polar surface area (TPSA) is 144 Å². The van der Waals surface area contributed by atoms with E-state index in [0.717, 1.165) is 17.5 Å². The lowest BCUT2D eigenvalue weighted by Gasteiger charge is -2.27. The normalized spacial score (nSPS) is 19.8. The summed E-state index contributed by atoms with van der Waals surface area (Å²) in [4.78, 5) is 25.2. The zero-order valence-electron chi connectivity index (χ0n) is 30.1. The largest absolute Gasteiger partial charge is 0.496 e. The molecule has 0 radical (unpaired) electrons. The molecular formula is C42H42ClFN6O4. The summed E-state index contributed by atoms with van der Waals surface area (Å²) in [6, 6.07) is 27.2. The number of anilines is 2. The highest BCUT2D eigenvalue weighted by molar-refractivity contribution is 6.31. The van der Waals surface area contributed by atoms with Crippen LogP contribution in [0.1, 0.15) is 70.6 Å². The van der Waals surface area contributed by atoms with Crippen LogP contribution in [-0.2, 0) is 6.54 Å². The Morgan fingerprint density at radius 2 is 1.70 bits per heavy atom. The molecule has 4 aromatic carbocycles. The maximum Gasteiger partial charge on any atom is 0.339 e. The maximum atomic E-state index is 15.0. The zero-order chi connectivity index (χ0) is 37.8. The number of nitrogens with zero attached hydrogens (tertiary/aromatic N) is 3. The minimum Gasteiger partial charge on any atom is -0.496 e. The van der Waals surface area contributed by atoms with Gasteiger partial charge in [0.05, 0.1) is 37.7 Å². The molecule has 1 aliphatic heterocycles. The fourth-order valence-electron chi connectivity index (χ4n) is 7.21. The number of carboxylic acids is 1. The highest BCUT2D eigenvalue weighted by Gasteiger charge is 2.39. The number of carbonyl (C=O) groups is 1. The Hall–Kier alpha value is -5.36. The summed E-state index contributed by atoms with van der Waals surface area (Å²) in [5.74, 6) is 0.0138. The molecule has 2 unspecified atom stereocenters. The number of nitrogens with two attached hydrogens (primary N) is 1. The predicted octanol–water partition coefficient (Wildman–Crippen LogP) is 8.15. The lowest BCUT2D eigenvalue weighted by Crippen LogP contribution is -2.38. The van der Waals surface area contributed by atoms with E-state index in [-0.39, 0.29) is 29.4 Å². The molecule has 8 rings (SSSR count). The third-order valence-electron chi connectivity index (χ3n) is 10.1. The van der Waals surface area contributed by atoms with Gasteiger partial charge in [-0.3, -0.25) is 4.99 Å². The molecule has 2 fully saturated rings. The lowest BCUT2D eigenvalue weighted by atomic mass is 9.92. The first kappa shape index (κ1) is 37.0. The first-order valence-corrected chi connectivity index (χ1v) is 18.4. The highest BCUT2D eigenvalue weighted by Crippen LogP contribution is 2.42. The summed E-state index contributed by atoms with van der Waals surface area (Å²) in [5.41, 5.74) is 11.3. The second-order valence-corrected chi connectivity index (χ2v) is 14.2. The van der Waals surface area contributed by atoms with Crippen molar-refractivity contribution < 1.29 is 23.8 Å². The van der Waals surface area contributed by atoms with Crippen molar-refractivity contribution in [3.63, 3.8) is 0 Å². The first-order chi connectivity index (χ1) is 26.2. The van der Waals surface area contributed by atoms with Gasteiger partial charge < -0.3 is 30.9 Å². The monoisotopic (exact) mass is 748 g/mol. The van der Waals surface area contributed by atoms with Gasteiger partial charge in [0.15, 0.2) is 0 Å². The molecule has 2 aliphatic carbocycles. The highest BCUT2D eigenvalue weighted by atomic mass is 35.5. The fraction of sp³-hybridized carbons (Fsp3) is 0.286. The quantitative estimate of drug-likeness (QED) is 0.117. The van der Waals surface area contributed by atoms with E-state index in [1.165, 1.54) is 64.0 Å². The van der Waals surface area contributed by atoms with Gasteiger partial charge in [0.25, 0.3) is 0 Å². The number of aliphatic imine (C=N–C) groups is 1. The molecule has 3 aliphatic rings. The molecule has 5 aromatic rings. The van der Waals surface area contributed by atoms with E-state index in [1.54, 1.807) is 42.6 Å². The van der Waals surface area contributed by atoms with E-state index in [0.29, 0.717) is 51.1 Å². The molecule has 2 saturated carbocycles. The van der Waals surface area contributed by atoms with Crippen molar-refractivity contribution >= 4 is 34.9 Å². The van der Waals surface area contributed by atoms with Gasteiger partial charge in [-0.05, 0) is 74.1 Å². The molecule has 0 spiro atoms. The van der Waals surface area contributed by atoms with Crippen molar-refractivity contribution in [2.75, 3.05) is 19.5 Å². The molecule has 0 saturated heterocycles. The summed E-state index contributed by atoms with van der Waals surface area (Å²) in [6.45, 7) is 0.204. The molecule has 1 aromatic heterocycles. The molecule has 54 heavy (non-hydrogen) atoms. The molecular weight excluding hydrogens is 707 g/mol. The van der Waals surface area contributed by atoms with Crippen molar-refractivity contribution in [3.8, 4) is 22.8 Å². The number of benzene rings is 4. The molecule has 5 N–H and O–H groups in total. The number of carboxylic acid groups (broad SMARTS) is 1. The number of hydrogen-bond acceptors (Lipinski definition) is 9. The lowest BCUT2D eigenvalue weighted by molar-refractivity contribution is 0.0693. The van der Waals surface area contributed by atoms with Gasteiger partial charge in [0.1, 0.15) is 22.9 Å². The minimum absolute atomic E-state index is 0.0370. The standard InChI is InChI=1S/C27H20ClFN4O4.C15H22N2/c1-36-21-5-3-4-20(29)23(21)25-19-10-15(28)6-8-17(19)24-14(12-30-25)13-31-27(33-24)32-16-7-9-18(26(34)35)22(11-16)37-2;16-12-6-8-13(9-7-12)17-15-10-14(15)11-4-2-1-3-5-11/h3-11,13H,12H2,1-2H3,(H,34,35)(H,31,32,33);1-5,12-15,17H,6-10,16H2. The summed E-state index contributed by atoms with van der Waals surface area (Å²) in [7, 11) is 2.87. The van der Waals surface area contributed by atoms with Crippen LogP contribution in [0.5, 0.6) is 11.5 Å². The summed E-state index contributed by atoms with van der Waals surface area (Å²) in [5, 5.41) is 16.7. The van der Waals surface area contributed by atoms with Crippen LogP contribution in [-0.4, -0.2) is 59.1 Å². The van der Waals surface area contributed by atoms with Gasteiger partial charge in [0.2, 0.25) is 5.95 Å². The van der Waals surface area contributed by atoms with Crippen molar-refractivity contribution in [1.29, 1.82) is 0 Å². The number of rotatable bonds is 9. The van der Waals surface area contributed by atoms with Crippen LogP contribution in [0.15, 0.2) is 96.1 Å². The molecule has 2 heterocycles. The van der Waals surface area contributed by atoms with Gasteiger partial charge in [0, 0.05) is 63.7 Å². The Bertz CT molecular complexity index is 2180. The van der Waals surface area contributed by atoms with Gasteiger partial charge in [-0.2, -0.15) is 0 Å². The zero-order valence-corrected chi connectivity index (χ0v) is 30.8. The number of hydrogen-bond donors (Lipinski definition) is 4. The predicted molar refractivity (Wildman–Crippen MR) is 209 cm³/mol. The van der Waals surface area contributed by atoms with Gasteiger partial charge in [-0.25, -0.2) is 19.2 Å². The number of aromatic nitrogens is 2. The fourth-order valence-corrected chi connectivity index (χ4v) is 7.39. The second-order valence-electron chi connectivity index (χ2n) is 13.7. The van der Waals surface area contributed by atoms with E-state index in [2.05, 4.69) is 45.9 Å².